The third-order valence-electron chi connectivity index (χ3n) is 2.71. The number of hydrogen-bond donors (Lipinski definition) is 1. The molecule has 1 nitrogen and oxygen atoms in total. The lowest BCUT2D eigenvalue weighted by atomic mass is 9.86. The van der Waals surface area contributed by atoms with Gasteiger partial charge in [-0.1, -0.05) is 36.4 Å². The van der Waals surface area contributed by atoms with Crippen LogP contribution in [0.1, 0.15) is 18.1 Å². The van der Waals surface area contributed by atoms with Crippen molar-refractivity contribution in [3.8, 4) is 0 Å². The van der Waals surface area contributed by atoms with E-state index in [0.717, 1.165) is 6.42 Å². The lowest BCUT2D eigenvalue weighted by molar-refractivity contribution is 0.530. The first-order valence-electron chi connectivity index (χ1n) is 4.79. The summed E-state index contributed by atoms with van der Waals surface area (Å²) >= 11 is 0. The van der Waals surface area contributed by atoms with Gasteiger partial charge in [-0.15, -0.1) is 0 Å². The Labute approximate surface area is 79.3 Å². The molecule has 2 N–H and O–H groups in total. The average Bonchev–Trinajstić information content (AvgIpc) is 2.17. The third-order valence-corrected chi connectivity index (χ3v) is 2.71. The van der Waals surface area contributed by atoms with Crippen LogP contribution in [0, 0.1) is 5.92 Å². The molecule has 68 valence electrons. The number of rotatable bonds is 1. The summed E-state index contributed by atoms with van der Waals surface area (Å²) in [5.74, 6) is 0.509. The molecule has 1 unspecified atom stereocenters. The molecule has 0 radical (unpaired) electrons. The summed E-state index contributed by atoms with van der Waals surface area (Å²) < 4.78 is 0. The second kappa shape index (κ2) is 3.35. The van der Waals surface area contributed by atoms with Crippen LogP contribution in [-0.2, 0) is 6.42 Å². The van der Waals surface area contributed by atoms with Gasteiger partial charge in [0.05, 0.1) is 0 Å². The SMILES string of the molecule is C[C@@H](N)C1C=Cc2ccccc2C1. The molecule has 1 aliphatic rings. The van der Waals surface area contributed by atoms with Crippen LogP contribution in [0.2, 0.25) is 0 Å². The van der Waals surface area contributed by atoms with Gasteiger partial charge in [-0.2, -0.15) is 0 Å². The van der Waals surface area contributed by atoms with Gasteiger partial charge in [0.1, 0.15) is 0 Å². The number of nitrogens with two attached hydrogens (primary N) is 1. The van der Waals surface area contributed by atoms with Crippen molar-refractivity contribution in [3.05, 3.63) is 41.5 Å². The normalized spacial score (nSPS) is 22.5. The molecule has 13 heavy (non-hydrogen) atoms. The summed E-state index contributed by atoms with van der Waals surface area (Å²) in [6.45, 7) is 2.07. The van der Waals surface area contributed by atoms with Crippen molar-refractivity contribution in [3.63, 3.8) is 0 Å². The minimum atomic E-state index is 0.254. The first-order valence-corrected chi connectivity index (χ1v) is 4.79. The summed E-state index contributed by atoms with van der Waals surface area (Å²) in [6.07, 6.45) is 5.50. The van der Waals surface area contributed by atoms with Crippen molar-refractivity contribution >= 4 is 6.08 Å². The molecule has 1 heteroatoms. The maximum absolute atomic E-state index is 5.87. The minimum absolute atomic E-state index is 0.254. The minimum Gasteiger partial charge on any atom is -0.327 e. The molecule has 0 aromatic heterocycles. The smallest absolute Gasteiger partial charge is 0.00767 e. The van der Waals surface area contributed by atoms with E-state index in [9.17, 15) is 0 Å². The average molecular weight is 173 g/mol. The summed E-state index contributed by atoms with van der Waals surface area (Å²) in [6, 6.07) is 8.77. The molecule has 0 amide bonds. The topological polar surface area (TPSA) is 26.0 Å². The number of hydrogen-bond acceptors (Lipinski definition) is 1. The van der Waals surface area contributed by atoms with Crippen LogP contribution in [0.25, 0.3) is 6.08 Å². The van der Waals surface area contributed by atoms with Crippen molar-refractivity contribution in [2.24, 2.45) is 11.7 Å². The predicted molar refractivity (Wildman–Crippen MR) is 56.3 cm³/mol. The fourth-order valence-corrected chi connectivity index (χ4v) is 1.79. The van der Waals surface area contributed by atoms with Gasteiger partial charge in [0.25, 0.3) is 0 Å². The van der Waals surface area contributed by atoms with Crippen molar-refractivity contribution in [2.45, 2.75) is 19.4 Å². The van der Waals surface area contributed by atoms with Gasteiger partial charge in [0.2, 0.25) is 0 Å². The highest BCUT2D eigenvalue weighted by Crippen LogP contribution is 2.23. The highest BCUT2D eigenvalue weighted by molar-refractivity contribution is 5.56. The van der Waals surface area contributed by atoms with Crippen molar-refractivity contribution in [1.29, 1.82) is 0 Å². The molecule has 1 aromatic carbocycles. The molecular formula is C12H15N. The second-order valence-electron chi connectivity index (χ2n) is 3.79. The van der Waals surface area contributed by atoms with Crippen LogP contribution >= 0.6 is 0 Å². The molecule has 1 aliphatic carbocycles. The summed E-state index contributed by atoms with van der Waals surface area (Å²) in [5, 5.41) is 0. The summed E-state index contributed by atoms with van der Waals surface area (Å²) in [5.41, 5.74) is 8.64. The monoisotopic (exact) mass is 173 g/mol. The number of benzene rings is 1. The molecule has 0 saturated heterocycles. The van der Waals surface area contributed by atoms with Gasteiger partial charge in [-0.05, 0) is 30.4 Å². The van der Waals surface area contributed by atoms with Crippen LogP contribution in [0.15, 0.2) is 30.3 Å². The van der Waals surface area contributed by atoms with Gasteiger partial charge in [-0.25, -0.2) is 0 Å². The Morgan fingerprint density at radius 1 is 1.38 bits per heavy atom. The van der Waals surface area contributed by atoms with E-state index in [-0.39, 0.29) is 6.04 Å². The first kappa shape index (κ1) is 8.52. The van der Waals surface area contributed by atoms with Crippen LogP contribution in [0.3, 0.4) is 0 Å². The second-order valence-corrected chi connectivity index (χ2v) is 3.79. The Morgan fingerprint density at radius 3 is 2.92 bits per heavy atom. The van der Waals surface area contributed by atoms with Crippen molar-refractivity contribution in [1.82, 2.24) is 0 Å². The Morgan fingerprint density at radius 2 is 2.15 bits per heavy atom. The summed E-state index contributed by atoms with van der Waals surface area (Å²) in [7, 11) is 0. The van der Waals surface area contributed by atoms with Gasteiger partial charge in [-0.3, -0.25) is 0 Å². The standard InChI is InChI=1S/C12H15N/c1-9(13)11-7-6-10-4-2-3-5-12(10)8-11/h2-7,9,11H,8,13H2,1H3/t9-,11?/m1/s1. The zero-order valence-corrected chi connectivity index (χ0v) is 7.90. The highest BCUT2D eigenvalue weighted by atomic mass is 14.6. The fourth-order valence-electron chi connectivity index (χ4n) is 1.79. The van der Waals surface area contributed by atoms with Gasteiger partial charge in [0.15, 0.2) is 0 Å². The van der Waals surface area contributed by atoms with Crippen LogP contribution in [0.4, 0.5) is 0 Å². The fraction of sp³-hybridized carbons (Fsp3) is 0.333. The van der Waals surface area contributed by atoms with E-state index in [1.54, 1.807) is 0 Å². The molecule has 0 fully saturated rings. The van der Waals surface area contributed by atoms with Crippen LogP contribution in [0.5, 0.6) is 0 Å². The first-order chi connectivity index (χ1) is 6.27. The Kier molecular flexibility index (Phi) is 2.19. The Bertz CT molecular complexity index is 326. The van der Waals surface area contributed by atoms with Gasteiger partial charge < -0.3 is 5.73 Å². The highest BCUT2D eigenvalue weighted by Gasteiger charge is 2.15. The molecule has 0 spiro atoms. The molecule has 0 aliphatic heterocycles. The predicted octanol–water partition coefficient (Wildman–Crippen LogP) is 2.22. The molecule has 2 rings (SSSR count). The van der Waals surface area contributed by atoms with Gasteiger partial charge in [0, 0.05) is 6.04 Å². The molecule has 0 heterocycles. The largest absolute Gasteiger partial charge is 0.327 e. The van der Waals surface area contributed by atoms with Gasteiger partial charge >= 0.3 is 0 Å². The number of fused-ring (bicyclic) bond motifs is 1. The van der Waals surface area contributed by atoms with E-state index >= 15 is 0 Å². The lowest BCUT2D eigenvalue weighted by Crippen LogP contribution is -2.28. The maximum Gasteiger partial charge on any atom is 0.00767 e. The maximum atomic E-state index is 5.87. The summed E-state index contributed by atoms with van der Waals surface area (Å²) in [4.78, 5) is 0. The third kappa shape index (κ3) is 1.65. The Hall–Kier alpha value is -1.08. The molecule has 0 bridgehead atoms. The molecule has 0 saturated carbocycles. The van der Waals surface area contributed by atoms with E-state index in [0.29, 0.717) is 5.92 Å². The zero-order chi connectivity index (χ0) is 9.26. The van der Waals surface area contributed by atoms with E-state index in [4.69, 9.17) is 5.73 Å². The molecular weight excluding hydrogens is 158 g/mol. The van der Waals surface area contributed by atoms with Crippen LogP contribution < -0.4 is 5.73 Å². The van der Waals surface area contributed by atoms with Crippen molar-refractivity contribution in [2.75, 3.05) is 0 Å². The molecule has 1 aromatic rings. The Balaban J connectivity index is 2.29. The zero-order valence-electron chi connectivity index (χ0n) is 7.90. The van der Waals surface area contributed by atoms with E-state index in [2.05, 4.69) is 43.3 Å². The lowest BCUT2D eigenvalue weighted by Gasteiger charge is -2.22. The van der Waals surface area contributed by atoms with E-state index in [1.807, 2.05) is 0 Å². The quantitative estimate of drug-likeness (QED) is 0.692. The van der Waals surface area contributed by atoms with Crippen molar-refractivity contribution < 1.29 is 0 Å². The van der Waals surface area contributed by atoms with E-state index in [1.165, 1.54) is 11.1 Å². The molecule has 2 atom stereocenters. The van der Waals surface area contributed by atoms with Crippen LogP contribution in [-0.4, -0.2) is 6.04 Å². The van der Waals surface area contributed by atoms with E-state index < -0.39 is 0 Å².